The first-order chi connectivity index (χ1) is 10.2. The summed E-state index contributed by atoms with van der Waals surface area (Å²) >= 11 is 2.48. The Morgan fingerprint density at radius 1 is 1.38 bits per heavy atom. The van der Waals surface area contributed by atoms with Gasteiger partial charge in [0.05, 0.1) is 5.60 Å². The zero-order valence-corrected chi connectivity index (χ0v) is 15.1. The predicted molar refractivity (Wildman–Crippen MR) is 95.5 cm³/mol. The molecule has 116 valence electrons. The minimum absolute atomic E-state index is 0.231. The summed E-state index contributed by atoms with van der Waals surface area (Å²) in [4.78, 5) is 0. The van der Waals surface area contributed by atoms with E-state index >= 15 is 0 Å². The Labute approximate surface area is 142 Å². The van der Waals surface area contributed by atoms with Crippen LogP contribution in [-0.2, 0) is 4.74 Å². The Bertz CT molecular complexity index is 472. The lowest BCUT2D eigenvalue weighted by atomic mass is 9.69. The molecular weight excluding hydrogens is 373 g/mol. The maximum absolute atomic E-state index is 6.12. The molecule has 0 radical (unpaired) electrons. The molecule has 1 heterocycles. The highest BCUT2D eigenvalue weighted by Gasteiger charge is 2.44. The van der Waals surface area contributed by atoms with Gasteiger partial charge in [-0.1, -0.05) is 25.1 Å². The Morgan fingerprint density at radius 3 is 2.86 bits per heavy atom. The average Bonchev–Trinajstić information content (AvgIpc) is 2.48. The molecule has 3 rings (SSSR count). The quantitative estimate of drug-likeness (QED) is 0.726. The second-order valence-corrected chi connectivity index (χ2v) is 7.75. The van der Waals surface area contributed by atoms with E-state index in [1.54, 1.807) is 0 Å². The molecule has 1 saturated carbocycles. The fourth-order valence-corrected chi connectivity index (χ4v) is 4.55. The molecule has 0 bridgehead atoms. The number of benzene rings is 1. The van der Waals surface area contributed by atoms with Crippen LogP contribution in [0.15, 0.2) is 24.3 Å². The van der Waals surface area contributed by atoms with Gasteiger partial charge in [0.25, 0.3) is 0 Å². The lowest BCUT2D eigenvalue weighted by Crippen LogP contribution is -2.48. The van der Waals surface area contributed by atoms with E-state index in [0.29, 0.717) is 12.0 Å². The van der Waals surface area contributed by atoms with Crippen LogP contribution in [-0.4, -0.2) is 18.8 Å². The van der Waals surface area contributed by atoms with Crippen molar-refractivity contribution in [3.05, 3.63) is 33.4 Å². The van der Waals surface area contributed by atoms with Crippen LogP contribution in [0, 0.1) is 9.49 Å². The first-order valence-electron chi connectivity index (χ1n) is 8.36. The Hall–Kier alpha value is -0.130. The molecular formula is C18H26INO. The summed E-state index contributed by atoms with van der Waals surface area (Å²) in [5.41, 5.74) is 1.71. The van der Waals surface area contributed by atoms with Gasteiger partial charge in [-0.05, 0) is 85.2 Å². The zero-order chi connectivity index (χ0) is 14.7. The van der Waals surface area contributed by atoms with Crippen LogP contribution < -0.4 is 5.32 Å². The van der Waals surface area contributed by atoms with Crippen molar-refractivity contribution in [1.82, 2.24) is 5.32 Å². The summed E-state index contributed by atoms with van der Waals surface area (Å²) in [7, 11) is 0. The van der Waals surface area contributed by atoms with Gasteiger partial charge < -0.3 is 10.1 Å². The van der Waals surface area contributed by atoms with Crippen molar-refractivity contribution in [2.75, 3.05) is 13.2 Å². The van der Waals surface area contributed by atoms with Gasteiger partial charge in [-0.3, -0.25) is 0 Å². The van der Waals surface area contributed by atoms with Gasteiger partial charge in [0.15, 0.2) is 0 Å². The van der Waals surface area contributed by atoms with Crippen molar-refractivity contribution < 1.29 is 4.74 Å². The number of hydrogen-bond donors (Lipinski definition) is 1. The van der Waals surface area contributed by atoms with Crippen LogP contribution in [0.25, 0.3) is 0 Å². The standard InChI is InChI=1S/C18H26INO/c1-2-11-20-17(15-6-3-4-7-16(15)19)14-8-12-21-18(13-14)9-5-10-18/h3-4,6-7,14,17,20H,2,5,8-13H2,1H3. The van der Waals surface area contributed by atoms with Crippen molar-refractivity contribution in [3.63, 3.8) is 0 Å². The van der Waals surface area contributed by atoms with Gasteiger partial charge in [0.2, 0.25) is 0 Å². The summed E-state index contributed by atoms with van der Waals surface area (Å²) < 4.78 is 7.51. The average molecular weight is 399 g/mol. The maximum atomic E-state index is 6.12. The highest BCUT2D eigenvalue weighted by Crippen LogP contribution is 2.47. The maximum Gasteiger partial charge on any atom is 0.0686 e. The third-order valence-corrected chi connectivity index (χ3v) is 6.10. The molecule has 21 heavy (non-hydrogen) atoms. The van der Waals surface area contributed by atoms with Crippen LogP contribution in [0.2, 0.25) is 0 Å². The van der Waals surface area contributed by atoms with Gasteiger partial charge >= 0.3 is 0 Å². The van der Waals surface area contributed by atoms with Crippen molar-refractivity contribution in [2.45, 2.75) is 57.1 Å². The second kappa shape index (κ2) is 6.97. The van der Waals surface area contributed by atoms with Crippen molar-refractivity contribution in [2.24, 2.45) is 5.92 Å². The van der Waals surface area contributed by atoms with E-state index in [0.717, 1.165) is 13.2 Å². The molecule has 0 amide bonds. The molecule has 2 aliphatic rings. The van der Waals surface area contributed by atoms with Gasteiger partial charge in [-0.2, -0.15) is 0 Å². The molecule has 1 aromatic carbocycles. The van der Waals surface area contributed by atoms with E-state index in [1.165, 1.54) is 47.7 Å². The van der Waals surface area contributed by atoms with Gasteiger partial charge in [0, 0.05) is 16.2 Å². The fourth-order valence-electron chi connectivity index (χ4n) is 3.83. The van der Waals surface area contributed by atoms with Gasteiger partial charge in [-0.25, -0.2) is 0 Å². The summed E-state index contributed by atoms with van der Waals surface area (Å²) in [5.74, 6) is 0.710. The van der Waals surface area contributed by atoms with Crippen molar-refractivity contribution in [1.29, 1.82) is 0 Å². The Balaban J connectivity index is 1.80. The molecule has 3 heteroatoms. The second-order valence-electron chi connectivity index (χ2n) is 6.59. The van der Waals surface area contributed by atoms with E-state index in [4.69, 9.17) is 4.74 Å². The monoisotopic (exact) mass is 399 g/mol. The molecule has 1 spiro atoms. The largest absolute Gasteiger partial charge is 0.375 e. The molecule has 1 N–H and O–H groups in total. The van der Waals surface area contributed by atoms with Crippen LogP contribution in [0.5, 0.6) is 0 Å². The molecule has 2 unspecified atom stereocenters. The minimum Gasteiger partial charge on any atom is -0.375 e. The molecule has 2 fully saturated rings. The first kappa shape index (κ1) is 15.8. The molecule has 1 aliphatic heterocycles. The lowest BCUT2D eigenvalue weighted by Gasteiger charge is -2.49. The van der Waals surface area contributed by atoms with E-state index in [1.807, 2.05) is 0 Å². The third-order valence-electron chi connectivity index (χ3n) is 5.12. The van der Waals surface area contributed by atoms with Crippen LogP contribution in [0.4, 0.5) is 0 Å². The Kier molecular flexibility index (Phi) is 5.23. The smallest absolute Gasteiger partial charge is 0.0686 e. The van der Waals surface area contributed by atoms with E-state index < -0.39 is 0 Å². The SMILES string of the molecule is CCCNC(c1ccccc1I)C1CCOC2(CCC2)C1. The summed E-state index contributed by atoms with van der Waals surface area (Å²) in [6.45, 7) is 4.29. The molecule has 2 atom stereocenters. The number of halogens is 1. The lowest BCUT2D eigenvalue weighted by molar-refractivity contribution is -0.147. The molecule has 1 saturated heterocycles. The number of hydrogen-bond acceptors (Lipinski definition) is 2. The van der Waals surface area contributed by atoms with Crippen LogP contribution >= 0.6 is 22.6 Å². The highest BCUT2D eigenvalue weighted by atomic mass is 127. The summed E-state index contributed by atoms with van der Waals surface area (Å²) in [5, 5.41) is 3.82. The zero-order valence-electron chi connectivity index (χ0n) is 12.9. The van der Waals surface area contributed by atoms with Crippen molar-refractivity contribution >= 4 is 22.6 Å². The predicted octanol–water partition coefficient (Wildman–Crippen LogP) is 4.68. The molecule has 2 nitrogen and oxygen atoms in total. The normalized spacial score (nSPS) is 25.5. The highest BCUT2D eigenvalue weighted by molar-refractivity contribution is 14.1. The number of nitrogens with one attached hydrogen (secondary N) is 1. The summed E-state index contributed by atoms with van der Waals surface area (Å²) in [6, 6.07) is 9.34. The number of ether oxygens (including phenoxy) is 1. The number of rotatable bonds is 5. The van der Waals surface area contributed by atoms with E-state index in [2.05, 4.69) is 59.1 Å². The van der Waals surface area contributed by atoms with E-state index in [9.17, 15) is 0 Å². The van der Waals surface area contributed by atoms with E-state index in [-0.39, 0.29) is 5.60 Å². The van der Waals surface area contributed by atoms with Crippen molar-refractivity contribution in [3.8, 4) is 0 Å². The Morgan fingerprint density at radius 2 is 2.19 bits per heavy atom. The molecule has 1 aliphatic carbocycles. The van der Waals surface area contributed by atoms with Gasteiger partial charge in [0.1, 0.15) is 0 Å². The summed E-state index contributed by atoms with van der Waals surface area (Å²) in [6.07, 6.45) is 7.51. The first-order valence-corrected chi connectivity index (χ1v) is 9.44. The molecule has 1 aromatic rings. The fraction of sp³-hybridized carbons (Fsp3) is 0.667. The van der Waals surface area contributed by atoms with Crippen LogP contribution in [0.3, 0.4) is 0 Å². The minimum atomic E-state index is 0.231. The molecule has 0 aromatic heterocycles. The third kappa shape index (κ3) is 3.45. The van der Waals surface area contributed by atoms with Gasteiger partial charge in [-0.15, -0.1) is 0 Å². The topological polar surface area (TPSA) is 21.3 Å². The van der Waals surface area contributed by atoms with Crippen LogP contribution in [0.1, 0.15) is 57.1 Å².